The van der Waals surface area contributed by atoms with Crippen molar-refractivity contribution >= 4 is 39.9 Å². The number of halogens is 1. The lowest BCUT2D eigenvalue weighted by atomic mass is 10.5. The summed E-state index contributed by atoms with van der Waals surface area (Å²) in [6.07, 6.45) is 0. The maximum Gasteiger partial charge on any atom is 0.349 e. The Kier molecular flexibility index (Phi) is 4.11. The van der Waals surface area contributed by atoms with E-state index in [1.807, 2.05) is 34.0 Å². The van der Waals surface area contributed by atoms with E-state index in [-0.39, 0.29) is 12.6 Å². The summed E-state index contributed by atoms with van der Waals surface area (Å²) in [5.74, 6) is 2.34. The van der Waals surface area contributed by atoms with Crippen LogP contribution in [0.3, 0.4) is 0 Å². The zero-order valence-electron chi connectivity index (χ0n) is 6.04. The van der Waals surface area contributed by atoms with Gasteiger partial charge in [-0.2, -0.15) is 0 Å². The summed E-state index contributed by atoms with van der Waals surface area (Å²) < 4.78 is 7.43. The van der Waals surface area contributed by atoms with Crippen molar-refractivity contribution in [1.82, 2.24) is 0 Å². The van der Waals surface area contributed by atoms with Crippen LogP contribution in [0.15, 0.2) is 17.5 Å². The van der Waals surface area contributed by atoms with Gasteiger partial charge < -0.3 is 4.74 Å². The molecular formula is C8H5IO2S. The van der Waals surface area contributed by atoms with Crippen LogP contribution in [0.2, 0.25) is 0 Å². The number of carbonyl (C=O) groups is 1. The van der Waals surface area contributed by atoms with E-state index in [4.69, 9.17) is 4.74 Å². The van der Waals surface area contributed by atoms with Gasteiger partial charge in [-0.15, -0.1) is 11.3 Å². The number of esters is 1. The highest BCUT2D eigenvalue weighted by Crippen LogP contribution is 2.09. The smallest absolute Gasteiger partial charge is 0.349 e. The third kappa shape index (κ3) is 2.83. The predicted octanol–water partition coefficient (Wildman–Crippen LogP) is 2.30. The number of thiophene rings is 1. The molecule has 0 amide bonds. The average molecular weight is 292 g/mol. The third-order valence-electron chi connectivity index (χ3n) is 1.06. The van der Waals surface area contributed by atoms with E-state index in [0.717, 1.165) is 0 Å². The maximum absolute atomic E-state index is 11.1. The fourth-order valence-electron chi connectivity index (χ4n) is 0.595. The molecule has 1 aromatic heterocycles. The van der Waals surface area contributed by atoms with Gasteiger partial charge in [0.25, 0.3) is 0 Å². The predicted molar refractivity (Wildman–Crippen MR) is 56.4 cm³/mol. The molecule has 1 aromatic rings. The van der Waals surface area contributed by atoms with Gasteiger partial charge in [0.15, 0.2) is 6.61 Å². The van der Waals surface area contributed by atoms with Crippen LogP contribution in [-0.2, 0) is 4.74 Å². The van der Waals surface area contributed by atoms with Gasteiger partial charge in [-0.25, -0.2) is 4.79 Å². The van der Waals surface area contributed by atoms with Crippen LogP contribution in [-0.4, -0.2) is 12.6 Å². The van der Waals surface area contributed by atoms with E-state index in [1.165, 1.54) is 11.3 Å². The van der Waals surface area contributed by atoms with Crippen molar-refractivity contribution in [2.75, 3.05) is 6.61 Å². The Morgan fingerprint density at radius 2 is 2.58 bits per heavy atom. The standard InChI is InChI=1S/C8H5IO2S/c9-4-2-5-11-8(10)7-3-1-6-12-7/h1,3,6H,5H2. The Morgan fingerprint density at radius 1 is 1.75 bits per heavy atom. The molecule has 2 nitrogen and oxygen atoms in total. The maximum atomic E-state index is 11.1. The fraction of sp³-hybridized carbons (Fsp3) is 0.125. The van der Waals surface area contributed by atoms with E-state index < -0.39 is 0 Å². The van der Waals surface area contributed by atoms with Crippen LogP contribution in [0.4, 0.5) is 0 Å². The normalized spacial score (nSPS) is 8.42. The lowest BCUT2D eigenvalue weighted by Gasteiger charge is -1.95. The molecule has 62 valence electrons. The van der Waals surface area contributed by atoms with Crippen LogP contribution in [0.1, 0.15) is 9.67 Å². The molecule has 0 aliphatic carbocycles. The van der Waals surface area contributed by atoms with Gasteiger partial charge in [0, 0.05) is 22.6 Å². The van der Waals surface area contributed by atoms with Crippen LogP contribution >= 0.6 is 33.9 Å². The van der Waals surface area contributed by atoms with E-state index >= 15 is 0 Å². The van der Waals surface area contributed by atoms with Gasteiger partial charge in [0.05, 0.1) is 0 Å². The van der Waals surface area contributed by atoms with Crippen LogP contribution in [0, 0.1) is 9.85 Å². The SMILES string of the molecule is O=C(OCC#CI)c1cccs1. The van der Waals surface area contributed by atoms with Crippen molar-refractivity contribution < 1.29 is 9.53 Å². The lowest BCUT2D eigenvalue weighted by molar-refractivity contribution is 0.0562. The molecule has 0 radical (unpaired) electrons. The monoisotopic (exact) mass is 292 g/mol. The molecule has 0 aromatic carbocycles. The van der Waals surface area contributed by atoms with Crippen molar-refractivity contribution in [1.29, 1.82) is 0 Å². The second kappa shape index (κ2) is 5.17. The minimum absolute atomic E-state index is 0.166. The molecule has 0 spiro atoms. The van der Waals surface area contributed by atoms with Gasteiger partial charge in [0.1, 0.15) is 4.88 Å². The van der Waals surface area contributed by atoms with Gasteiger partial charge in [-0.1, -0.05) is 12.0 Å². The molecule has 0 aliphatic heterocycles. The Bertz CT molecular complexity index is 308. The summed E-state index contributed by atoms with van der Waals surface area (Å²) in [4.78, 5) is 11.7. The first-order chi connectivity index (χ1) is 5.84. The number of rotatable bonds is 2. The number of ether oxygens (including phenoxy) is 1. The summed E-state index contributed by atoms with van der Waals surface area (Å²) in [7, 11) is 0. The number of hydrogen-bond donors (Lipinski definition) is 0. The summed E-state index contributed by atoms with van der Waals surface area (Å²) in [6, 6.07) is 3.54. The molecule has 0 saturated carbocycles. The summed E-state index contributed by atoms with van der Waals surface area (Å²) in [5, 5.41) is 1.83. The lowest BCUT2D eigenvalue weighted by Crippen LogP contribution is -2.02. The summed E-state index contributed by atoms with van der Waals surface area (Å²) in [6.45, 7) is 0.166. The molecule has 0 bridgehead atoms. The van der Waals surface area contributed by atoms with Gasteiger partial charge in [-0.05, 0) is 15.4 Å². The van der Waals surface area contributed by atoms with Crippen molar-refractivity contribution in [2.45, 2.75) is 0 Å². The molecule has 0 fully saturated rings. The minimum Gasteiger partial charge on any atom is -0.448 e. The molecule has 0 unspecified atom stereocenters. The average Bonchev–Trinajstić information content (AvgIpc) is 2.56. The topological polar surface area (TPSA) is 26.3 Å². The number of hydrogen-bond acceptors (Lipinski definition) is 3. The molecule has 0 atom stereocenters. The highest BCUT2D eigenvalue weighted by molar-refractivity contribution is 14.1. The van der Waals surface area contributed by atoms with E-state index in [9.17, 15) is 4.79 Å². The zero-order chi connectivity index (χ0) is 8.81. The zero-order valence-corrected chi connectivity index (χ0v) is 9.02. The van der Waals surface area contributed by atoms with Crippen molar-refractivity contribution in [3.8, 4) is 9.85 Å². The number of carbonyl (C=O) groups excluding carboxylic acids is 1. The third-order valence-corrected chi connectivity index (χ3v) is 2.30. The first-order valence-electron chi connectivity index (χ1n) is 3.13. The second-order valence-corrected chi connectivity index (χ2v) is 3.31. The molecule has 0 N–H and O–H groups in total. The molecule has 4 heteroatoms. The van der Waals surface area contributed by atoms with Crippen LogP contribution in [0.5, 0.6) is 0 Å². The Labute approximate surface area is 88.1 Å². The van der Waals surface area contributed by atoms with Crippen LogP contribution < -0.4 is 0 Å². The minimum atomic E-state index is -0.302. The Hall–Kier alpha value is -0.540. The van der Waals surface area contributed by atoms with Crippen LogP contribution in [0.25, 0.3) is 0 Å². The summed E-state index contributed by atoms with van der Waals surface area (Å²) in [5.41, 5.74) is 0. The molecule has 1 heterocycles. The molecule has 0 aliphatic rings. The highest BCUT2D eigenvalue weighted by Gasteiger charge is 2.05. The second-order valence-electron chi connectivity index (χ2n) is 1.82. The van der Waals surface area contributed by atoms with E-state index in [1.54, 1.807) is 6.07 Å². The highest BCUT2D eigenvalue weighted by atomic mass is 127. The van der Waals surface area contributed by atoms with E-state index in [0.29, 0.717) is 4.88 Å². The van der Waals surface area contributed by atoms with Crippen molar-refractivity contribution in [3.63, 3.8) is 0 Å². The Balaban J connectivity index is 2.43. The van der Waals surface area contributed by atoms with Gasteiger partial charge >= 0.3 is 5.97 Å². The van der Waals surface area contributed by atoms with Crippen molar-refractivity contribution in [2.24, 2.45) is 0 Å². The first-order valence-corrected chi connectivity index (χ1v) is 5.09. The summed E-state index contributed by atoms with van der Waals surface area (Å²) >= 11 is 3.26. The van der Waals surface area contributed by atoms with Crippen molar-refractivity contribution in [3.05, 3.63) is 22.4 Å². The quantitative estimate of drug-likeness (QED) is 0.475. The van der Waals surface area contributed by atoms with E-state index in [2.05, 4.69) is 9.85 Å². The first kappa shape index (κ1) is 9.55. The van der Waals surface area contributed by atoms with Gasteiger partial charge in [-0.3, -0.25) is 0 Å². The molecule has 1 rings (SSSR count). The van der Waals surface area contributed by atoms with Gasteiger partial charge in [0.2, 0.25) is 0 Å². The molecule has 0 saturated heterocycles. The molecular weight excluding hydrogens is 287 g/mol. The largest absolute Gasteiger partial charge is 0.448 e. The molecule has 12 heavy (non-hydrogen) atoms. The Morgan fingerprint density at radius 3 is 3.17 bits per heavy atom. The fourth-order valence-corrected chi connectivity index (χ4v) is 1.37.